The van der Waals surface area contributed by atoms with Crippen LogP contribution >= 0.6 is 0 Å². The molecular formula is C12H14N2O. The maximum Gasteiger partial charge on any atom is 0.254 e. The number of H-pyrrole nitrogens is 1. The Labute approximate surface area is 88.3 Å². The van der Waals surface area contributed by atoms with Crippen LogP contribution < -0.4 is 5.56 Å². The normalized spacial score (nSPS) is 22.6. The van der Waals surface area contributed by atoms with Crippen molar-refractivity contribution in [3.8, 4) is 0 Å². The van der Waals surface area contributed by atoms with E-state index in [0.717, 1.165) is 24.1 Å². The van der Waals surface area contributed by atoms with E-state index in [-0.39, 0.29) is 11.6 Å². The van der Waals surface area contributed by atoms with E-state index < -0.39 is 0 Å². The third kappa shape index (κ3) is 1.34. The van der Waals surface area contributed by atoms with Crippen LogP contribution in [0.2, 0.25) is 0 Å². The molecule has 0 fully saturated rings. The van der Waals surface area contributed by atoms with E-state index in [1.165, 1.54) is 24.0 Å². The number of nitrogens with one attached hydrogen (secondary N) is 1. The maximum atomic E-state index is 11.9. The van der Waals surface area contributed by atoms with E-state index >= 15 is 0 Å². The third-order valence-electron chi connectivity index (χ3n) is 3.39. The molecule has 2 heterocycles. The molecule has 1 aromatic heterocycles. The molecule has 0 radical (unpaired) electrons. The molecule has 1 aliphatic carbocycles. The van der Waals surface area contributed by atoms with Gasteiger partial charge in [-0.15, -0.1) is 0 Å². The zero-order valence-corrected chi connectivity index (χ0v) is 8.84. The molecule has 0 spiro atoms. The van der Waals surface area contributed by atoms with Gasteiger partial charge in [-0.25, -0.2) is 0 Å². The molecule has 0 saturated carbocycles. The lowest BCUT2D eigenvalue weighted by Crippen LogP contribution is -2.22. The Morgan fingerprint density at radius 2 is 2.00 bits per heavy atom. The van der Waals surface area contributed by atoms with Crippen molar-refractivity contribution in [3.63, 3.8) is 0 Å². The average Bonchev–Trinajstić information content (AvgIpc) is 3.02. The van der Waals surface area contributed by atoms with Gasteiger partial charge in [0.05, 0.1) is 5.56 Å². The Hall–Kier alpha value is -1.38. The lowest BCUT2D eigenvalue weighted by Gasteiger charge is -2.20. The van der Waals surface area contributed by atoms with Gasteiger partial charge in [-0.3, -0.25) is 9.79 Å². The molecule has 3 nitrogen and oxygen atoms in total. The zero-order chi connectivity index (χ0) is 10.4. The molecule has 1 atom stereocenters. The first kappa shape index (κ1) is 8.89. The summed E-state index contributed by atoms with van der Waals surface area (Å²) in [5.74, 6) is 0. The van der Waals surface area contributed by atoms with Gasteiger partial charge >= 0.3 is 0 Å². The van der Waals surface area contributed by atoms with Crippen LogP contribution in [0.15, 0.2) is 9.79 Å². The molecular weight excluding hydrogens is 188 g/mol. The van der Waals surface area contributed by atoms with Crippen molar-refractivity contribution >= 4 is 6.21 Å². The lowest BCUT2D eigenvalue weighted by molar-refractivity contribution is 0.666. The second-order valence-electron chi connectivity index (χ2n) is 4.40. The smallest absolute Gasteiger partial charge is 0.254 e. The Kier molecular flexibility index (Phi) is 1.81. The molecule has 0 amide bonds. The summed E-state index contributed by atoms with van der Waals surface area (Å²) >= 11 is 0. The van der Waals surface area contributed by atoms with Crippen LogP contribution in [0.25, 0.3) is 0 Å². The van der Waals surface area contributed by atoms with Crippen LogP contribution in [-0.4, -0.2) is 11.2 Å². The summed E-state index contributed by atoms with van der Waals surface area (Å²) in [5.41, 5.74) is 4.68. The summed E-state index contributed by atoms with van der Waals surface area (Å²) in [4.78, 5) is 18.9. The predicted octanol–water partition coefficient (Wildman–Crippen LogP) is 1.69. The highest BCUT2D eigenvalue weighted by molar-refractivity contribution is 5.80. The lowest BCUT2D eigenvalue weighted by atomic mass is 9.87. The van der Waals surface area contributed by atoms with Gasteiger partial charge < -0.3 is 4.98 Å². The van der Waals surface area contributed by atoms with Gasteiger partial charge in [0, 0.05) is 11.9 Å². The number of nitrogens with zero attached hydrogens (tertiary/aromatic N) is 1. The van der Waals surface area contributed by atoms with Gasteiger partial charge in [-0.05, 0) is 43.7 Å². The van der Waals surface area contributed by atoms with Crippen molar-refractivity contribution in [1.29, 1.82) is 0 Å². The highest BCUT2D eigenvalue weighted by Crippen LogP contribution is 2.31. The van der Waals surface area contributed by atoms with Gasteiger partial charge in [0.2, 0.25) is 0 Å². The summed E-state index contributed by atoms with van der Waals surface area (Å²) < 4.78 is 0. The van der Waals surface area contributed by atoms with E-state index in [0.29, 0.717) is 0 Å². The highest BCUT2D eigenvalue weighted by Gasteiger charge is 2.27. The Morgan fingerprint density at radius 3 is 2.67 bits per heavy atom. The van der Waals surface area contributed by atoms with Gasteiger partial charge in [0.1, 0.15) is 6.04 Å². The standard InChI is InChI=1S/C12H14N2O/c1-7-8-4-2-3-5-9(8)11(10-6-13-10)12(15)14-7/h6,10H,2-5H2,1H3,(H,14,15). The number of hydrogen-bond donors (Lipinski definition) is 1. The second kappa shape index (κ2) is 3.05. The average molecular weight is 202 g/mol. The summed E-state index contributed by atoms with van der Waals surface area (Å²) in [6, 6.07) is 0.0844. The minimum Gasteiger partial charge on any atom is -0.326 e. The van der Waals surface area contributed by atoms with Crippen LogP contribution in [0.3, 0.4) is 0 Å². The highest BCUT2D eigenvalue weighted by atomic mass is 16.1. The fourth-order valence-electron chi connectivity index (χ4n) is 2.57. The van der Waals surface area contributed by atoms with Crippen molar-refractivity contribution in [2.45, 2.75) is 38.6 Å². The summed E-state index contributed by atoms with van der Waals surface area (Å²) in [7, 11) is 0. The molecule has 78 valence electrons. The number of aromatic amines is 1. The number of rotatable bonds is 1. The monoisotopic (exact) mass is 202 g/mol. The molecule has 0 aromatic carbocycles. The van der Waals surface area contributed by atoms with Gasteiger partial charge in [0.15, 0.2) is 0 Å². The fourth-order valence-corrected chi connectivity index (χ4v) is 2.57. The SMILES string of the molecule is Cc1[nH]c(=O)c(C2C=N2)c2c1CCCC2. The van der Waals surface area contributed by atoms with Gasteiger partial charge in [-0.2, -0.15) is 0 Å². The van der Waals surface area contributed by atoms with Crippen LogP contribution in [-0.2, 0) is 12.8 Å². The van der Waals surface area contributed by atoms with E-state index in [2.05, 4.69) is 9.98 Å². The second-order valence-corrected chi connectivity index (χ2v) is 4.40. The van der Waals surface area contributed by atoms with E-state index in [1.807, 2.05) is 13.1 Å². The molecule has 1 aliphatic heterocycles. The molecule has 1 unspecified atom stereocenters. The van der Waals surface area contributed by atoms with Crippen LogP contribution in [0.4, 0.5) is 0 Å². The van der Waals surface area contributed by atoms with Crippen molar-refractivity contribution < 1.29 is 0 Å². The first-order chi connectivity index (χ1) is 7.27. The Bertz CT molecular complexity index is 493. The summed E-state index contributed by atoms with van der Waals surface area (Å²) in [5, 5.41) is 0. The molecule has 0 saturated heterocycles. The molecule has 1 N–H and O–H groups in total. The molecule has 3 rings (SSSR count). The largest absolute Gasteiger partial charge is 0.326 e. The van der Waals surface area contributed by atoms with Crippen molar-refractivity contribution in [3.05, 3.63) is 32.7 Å². The van der Waals surface area contributed by atoms with Crippen LogP contribution in [0, 0.1) is 6.92 Å². The minimum atomic E-state index is 0.0654. The topological polar surface area (TPSA) is 45.2 Å². The van der Waals surface area contributed by atoms with Crippen molar-refractivity contribution in [2.75, 3.05) is 0 Å². The maximum absolute atomic E-state index is 11.9. The first-order valence-corrected chi connectivity index (χ1v) is 5.55. The quantitative estimate of drug-likeness (QED) is 0.740. The van der Waals surface area contributed by atoms with Crippen LogP contribution in [0.1, 0.15) is 41.3 Å². The van der Waals surface area contributed by atoms with Gasteiger partial charge in [-0.1, -0.05) is 0 Å². The number of aryl methyl sites for hydroxylation is 1. The molecule has 1 aromatic rings. The minimum absolute atomic E-state index is 0.0654. The van der Waals surface area contributed by atoms with Crippen molar-refractivity contribution in [1.82, 2.24) is 4.98 Å². The summed E-state index contributed by atoms with van der Waals surface area (Å²) in [6.45, 7) is 2.00. The predicted molar refractivity (Wildman–Crippen MR) is 59.7 cm³/mol. The van der Waals surface area contributed by atoms with E-state index in [4.69, 9.17) is 0 Å². The Morgan fingerprint density at radius 1 is 1.33 bits per heavy atom. The number of aliphatic imine (C=N–C) groups is 1. The third-order valence-corrected chi connectivity index (χ3v) is 3.39. The molecule has 0 bridgehead atoms. The molecule has 3 heteroatoms. The van der Waals surface area contributed by atoms with E-state index in [1.54, 1.807) is 0 Å². The first-order valence-electron chi connectivity index (χ1n) is 5.55. The van der Waals surface area contributed by atoms with Gasteiger partial charge in [0.25, 0.3) is 5.56 Å². The van der Waals surface area contributed by atoms with Crippen LogP contribution in [0.5, 0.6) is 0 Å². The molecule has 2 aliphatic rings. The van der Waals surface area contributed by atoms with Crippen molar-refractivity contribution in [2.24, 2.45) is 4.99 Å². The number of hydrogen-bond acceptors (Lipinski definition) is 2. The summed E-state index contributed by atoms with van der Waals surface area (Å²) in [6.07, 6.45) is 6.46. The zero-order valence-electron chi connectivity index (χ0n) is 8.84. The van der Waals surface area contributed by atoms with E-state index in [9.17, 15) is 4.79 Å². The number of fused-ring (bicyclic) bond motifs is 1. The number of aromatic nitrogens is 1. The fraction of sp³-hybridized carbons (Fsp3) is 0.500. The number of pyridine rings is 1. The molecule has 15 heavy (non-hydrogen) atoms. The Balaban J connectivity index is 2.24.